The number of ether oxygens (including phenoxy) is 1. The number of hydrogen-bond donors (Lipinski definition) is 1. The molecule has 1 heterocycles. The van der Waals surface area contributed by atoms with E-state index in [1.165, 1.54) is 18.4 Å². The van der Waals surface area contributed by atoms with Crippen LogP contribution in [-0.4, -0.2) is 18.2 Å². The van der Waals surface area contributed by atoms with E-state index in [1.807, 2.05) is 6.07 Å². The van der Waals surface area contributed by atoms with E-state index in [1.54, 1.807) is 0 Å². The second-order valence-corrected chi connectivity index (χ2v) is 5.97. The van der Waals surface area contributed by atoms with Gasteiger partial charge in [-0.3, -0.25) is 0 Å². The first kappa shape index (κ1) is 13.1. The maximum Gasteiger partial charge on any atom is 0.0807 e. The Kier molecular flexibility index (Phi) is 4.23. The predicted octanol–water partition coefficient (Wildman–Crippen LogP) is 3.28. The van der Waals surface area contributed by atoms with Crippen molar-refractivity contribution in [2.75, 3.05) is 6.61 Å². The summed E-state index contributed by atoms with van der Waals surface area (Å²) in [4.78, 5) is 0. The van der Waals surface area contributed by atoms with Gasteiger partial charge >= 0.3 is 0 Å². The standard InChI is InChI=1S/C14H20BrNO/c1-14(7-2-3-8-17-14)13(16)10-11-5-4-6-12(15)9-11/h4-6,9,13H,2-3,7-8,10,16H2,1H3. The maximum atomic E-state index is 6.32. The summed E-state index contributed by atoms with van der Waals surface area (Å²) in [5.41, 5.74) is 7.44. The van der Waals surface area contributed by atoms with Crippen molar-refractivity contribution >= 4 is 15.9 Å². The van der Waals surface area contributed by atoms with Gasteiger partial charge in [0.15, 0.2) is 0 Å². The van der Waals surface area contributed by atoms with E-state index in [0.29, 0.717) is 0 Å². The van der Waals surface area contributed by atoms with Gasteiger partial charge < -0.3 is 10.5 Å². The minimum Gasteiger partial charge on any atom is -0.374 e. The first-order valence-corrected chi connectivity index (χ1v) is 7.03. The second-order valence-electron chi connectivity index (χ2n) is 5.06. The van der Waals surface area contributed by atoms with Gasteiger partial charge in [0.2, 0.25) is 0 Å². The predicted molar refractivity (Wildman–Crippen MR) is 74.0 cm³/mol. The molecule has 0 aliphatic carbocycles. The van der Waals surface area contributed by atoms with E-state index < -0.39 is 0 Å². The molecule has 1 aromatic rings. The molecule has 0 spiro atoms. The fourth-order valence-electron chi connectivity index (χ4n) is 2.38. The molecule has 2 N–H and O–H groups in total. The third-order valence-electron chi connectivity index (χ3n) is 3.63. The highest BCUT2D eigenvalue weighted by atomic mass is 79.9. The first-order chi connectivity index (χ1) is 8.10. The summed E-state index contributed by atoms with van der Waals surface area (Å²) in [6.07, 6.45) is 4.33. The van der Waals surface area contributed by atoms with Gasteiger partial charge in [-0.05, 0) is 50.3 Å². The zero-order chi connectivity index (χ0) is 12.3. The molecule has 3 heteroatoms. The summed E-state index contributed by atoms with van der Waals surface area (Å²) in [5.74, 6) is 0. The lowest BCUT2D eigenvalue weighted by Crippen LogP contribution is -2.50. The fourth-order valence-corrected chi connectivity index (χ4v) is 2.83. The molecule has 1 saturated heterocycles. The van der Waals surface area contributed by atoms with Crippen molar-refractivity contribution in [3.8, 4) is 0 Å². The molecule has 0 bridgehead atoms. The van der Waals surface area contributed by atoms with Crippen LogP contribution in [0, 0.1) is 0 Å². The van der Waals surface area contributed by atoms with E-state index in [0.717, 1.165) is 23.9 Å². The molecule has 1 aliphatic rings. The number of benzene rings is 1. The smallest absolute Gasteiger partial charge is 0.0807 e. The molecule has 1 aromatic carbocycles. The number of nitrogens with two attached hydrogens (primary N) is 1. The van der Waals surface area contributed by atoms with Crippen molar-refractivity contribution < 1.29 is 4.74 Å². The van der Waals surface area contributed by atoms with E-state index in [2.05, 4.69) is 41.1 Å². The summed E-state index contributed by atoms with van der Waals surface area (Å²) in [7, 11) is 0. The summed E-state index contributed by atoms with van der Waals surface area (Å²) >= 11 is 3.49. The van der Waals surface area contributed by atoms with Crippen LogP contribution in [0.3, 0.4) is 0 Å². The molecule has 0 radical (unpaired) electrons. The number of hydrogen-bond acceptors (Lipinski definition) is 2. The van der Waals surface area contributed by atoms with E-state index >= 15 is 0 Å². The van der Waals surface area contributed by atoms with Crippen molar-refractivity contribution in [1.82, 2.24) is 0 Å². The Balaban J connectivity index is 2.02. The highest BCUT2D eigenvalue weighted by Gasteiger charge is 2.34. The molecular formula is C14H20BrNO. The molecule has 2 atom stereocenters. The summed E-state index contributed by atoms with van der Waals surface area (Å²) < 4.78 is 7.00. The molecule has 1 aliphatic heterocycles. The molecule has 2 rings (SSSR count). The largest absolute Gasteiger partial charge is 0.374 e. The van der Waals surface area contributed by atoms with Crippen LogP contribution in [0.2, 0.25) is 0 Å². The molecule has 0 saturated carbocycles. The Morgan fingerprint density at radius 1 is 1.47 bits per heavy atom. The summed E-state index contributed by atoms with van der Waals surface area (Å²) in [5, 5.41) is 0. The molecule has 2 nitrogen and oxygen atoms in total. The SMILES string of the molecule is CC1(C(N)Cc2cccc(Br)c2)CCCCO1. The number of rotatable bonds is 3. The van der Waals surface area contributed by atoms with Crippen LogP contribution in [0.25, 0.3) is 0 Å². The molecule has 1 fully saturated rings. The van der Waals surface area contributed by atoms with Gasteiger partial charge in [-0.25, -0.2) is 0 Å². The lowest BCUT2D eigenvalue weighted by Gasteiger charge is -2.39. The minimum atomic E-state index is -0.152. The van der Waals surface area contributed by atoms with Gasteiger partial charge in [0.25, 0.3) is 0 Å². The summed E-state index contributed by atoms with van der Waals surface area (Å²) in [6, 6.07) is 8.41. The van der Waals surface area contributed by atoms with Gasteiger partial charge in [0.05, 0.1) is 5.60 Å². The molecule has 0 amide bonds. The van der Waals surface area contributed by atoms with Crippen molar-refractivity contribution in [2.24, 2.45) is 5.73 Å². The van der Waals surface area contributed by atoms with Crippen molar-refractivity contribution in [3.63, 3.8) is 0 Å². The normalized spacial score (nSPS) is 26.8. The van der Waals surface area contributed by atoms with Crippen LogP contribution in [0.15, 0.2) is 28.7 Å². The lowest BCUT2D eigenvalue weighted by molar-refractivity contribution is -0.0808. The van der Waals surface area contributed by atoms with E-state index in [9.17, 15) is 0 Å². The van der Waals surface area contributed by atoms with Crippen LogP contribution in [0.4, 0.5) is 0 Å². The second kappa shape index (κ2) is 5.51. The Morgan fingerprint density at radius 2 is 2.29 bits per heavy atom. The first-order valence-electron chi connectivity index (χ1n) is 6.24. The van der Waals surface area contributed by atoms with Crippen LogP contribution in [-0.2, 0) is 11.2 Å². The fraction of sp³-hybridized carbons (Fsp3) is 0.571. The molecule has 0 aromatic heterocycles. The van der Waals surface area contributed by atoms with E-state index in [4.69, 9.17) is 10.5 Å². The Morgan fingerprint density at radius 3 is 2.94 bits per heavy atom. The topological polar surface area (TPSA) is 35.2 Å². The van der Waals surface area contributed by atoms with Crippen LogP contribution >= 0.6 is 15.9 Å². The van der Waals surface area contributed by atoms with Gasteiger partial charge in [0, 0.05) is 17.1 Å². The van der Waals surface area contributed by atoms with Crippen molar-refractivity contribution in [1.29, 1.82) is 0 Å². The highest BCUT2D eigenvalue weighted by molar-refractivity contribution is 9.10. The maximum absolute atomic E-state index is 6.32. The van der Waals surface area contributed by atoms with Crippen LogP contribution < -0.4 is 5.73 Å². The van der Waals surface area contributed by atoms with Crippen molar-refractivity contribution in [2.45, 2.75) is 44.2 Å². The van der Waals surface area contributed by atoms with Crippen molar-refractivity contribution in [3.05, 3.63) is 34.3 Å². The third kappa shape index (κ3) is 3.30. The minimum absolute atomic E-state index is 0.0668. The average Bonchev–Trinajstić information content (AvgIpc) is 2.30. The van der Waals surface area contributed by atoms with Gasteiger partial charge in [0.1, 0.15) is 0 Å². The quantitative estimate of drug-likeness (QED) is 0.929. The van der Waals surface area contributed by atoms with E-state index in [-0.39, 0.29) is 11.6 Å². The zero-order valence-electron chi connectivity index (χ0n) is 10.3. The molecule has 17 heavy (non-hydrogen) atoms. The molecule has 2 unspecified atom stereocenters. The Hall–Kier alpha value is -0.380. The Labute approximate surface area is 112 Å². The Bertz CT molecular complexity index is 374. The lowest BCUT2D eigenvalue weighted by atomic mass is 9.85. The highest BCUT2D eigenvalue weighted by Crippen LogP contribution is 2.28. The zero-order valence-corrected chi connectivity index (χ0v) is 11.9. The monoisotopic (exact) mass is 297 g/mol. The van der Waals surface area contributed by atoms with Crippen LogP contribution in [0.1, 0.15) is 31.7 Å². The number of halogens is 1. The molecule has 94 valence electrons. The molecular weight excluding hydrogens is 278 g/mol. The van der Waals surface area contributed by atoms with Gasteiger partial charge in [-0.2, -0.15) is 0 Å². The summed E-state index contributed by atoms with van der Waals surface area (Å²) in [6.45, 7) is 3.00. The average molecular weight is 298 g/mol. The van der Waals surface area contributed by atoms with Gasteiger partial charge in [-0.1, -0.05) is 28.1 Å². The third-order valence-corrected chi connectivity index (χ3v) is 4.12. The van der Waals surface area contributed by atoms with Gasteiger partial charge in [-0.15, -0.1) is 0 Å². The van der Waals surface area contributed by atoms with Crippen LogP contribution in [0.5, 0.6) is 0 Å².